The average Bonchev–Trinajstić information content (AvgIpc) is 2.75. The highest BCUT2D eigenvalue weighted by atomic mass is 79.9. The molecule has 1 aromatic heterocycles. The predicted molar refractivity (Wildman–Crippen MR) is 80.2 cm³/mol. The van der Waals surface area contributed by atoms with Crippen LogP contribution in [-0.4, -0.2) is 16.1 Å². The van der Waals surface area contributed by atoms with Gasteiger partial charge in [0.05, 0.1) is 16.3 Å². The highest BCUT2D eigenvalue weighted by molar-refractivity contribution is 9.10. The summed E-state index contributed by atoms with van der Waals surface area (Å²) in [7, 11) is 0. The molecule has 20 heavy (non-hydrogen) atoms. The van der Waals surface area contributed by atoms with Crippen molar-refractivity contribution in [1.82, 2.24) is 4.98 Å². The molecule has 0 radical (unpaired) electrons. The highest BCUT2D eigenvalue weighted by Crippen LogP contribution is 2.32. The fourth-order valence-corrected chi connectivity index (χ4v) is 2.38. The van der Waals surface area contributed by atoms with E-state index in [9.17, 15) is 9.90 Å². The van der Waals surface area contributed by atoms with E-state index in [0.717, 1.165) is 4.47 Å². The number of aromatic nitrogens is 1. The summed E-state index contributed by atoms with van der Waals surface area (Å²) in [5, 5.41) is 9.65. The molecular formula is C14H13BrClNO3. The summed E-state index contributed by atoms with van der Waals surface area (Å²) in [5.41, 5.74) is 1.01. The molecule has 1 aromatic carbocycles. The van der Waals surface area contributed by atoms with Crippen molar-refractivity contribution in [1.29, 1.82) is 0 Å². The lowest BCUT2D eigenvalue weighted by Gasteiger charge is -2.00. The molecular weight excluding hydrogens is 346 g/mol. The van der Waals surface area contributed by atoms with Crippen molar-refractivity contribution in [3.8, 4) is 11.5 Å². The van der Waals surface area contributed by atoms with Crippen LogP contribution in [0.25, 0.3) is 11.5 Å². The maximum absolute atomic E-state index is 11.2. The molecule has 0 amide bonds. The van der Waals surface area contributed by atoms with Gasteiger partial charge in [0.1, 0.15) is 0 Å². The molecule has 0 aliphatic carbocycles. The van der Waals surface area contributed by atoms with Crippen LogP contribution in [0.1, 0.15) is 30.1 Å². The third kappa shape index (κ3) is 3.22. The van der Waals surface area contributed by atoms with Crippen LogP contribution < -0.4 is 0 Å². The van der Waals surface area contributed by atoms with Gasteiger partial charge >= 0.3 is 5.97 Å². The van der Waals surface area contributed by atoms with Gasteiger partial charge in [-0.15, -0.1) is 0 Å². The molecule has 0 saturated heterocycles. The molecule has 106 valence electrons. The van der Waals surface area contributed by atoms with E-state index in [1.165, 1.54) is 0 Å². The van der Waals surface area contributed by atoms with Crippen LogP contribution >= 0.6 is 27.5 Å². The summed E-state index contributed by atoms with van der Waals surface area (Å²) >= 11 is 9.45. The van der Waals surface area contributed by atoms with Crippen molar-refractivity contribution in [2.24, 2.45) is 5.92 Å². The van der Waals surface area contributed by atoms with Gasteiger partial charge in [-0.1, -0.05) is 41.4 Å². The molecule has 0 spiro atoms. The molecule has 0 bridgehead atoms. The SMILES string of the molecule is CC(C)Cc1nc(-c2cc(Br)ccc2Cl)oc1C(=O)O. The number of oxazole rings is 1. The van der Waals surface area contributed by atoms with Crippen LogP contribution in [0.4, 0.5) is 0 Å². The van der Waals surface area contributed by atoms with Crippen LogP contribution in [0.3, 0.4) is 0 Å². The smallest absolute Gasteiger partial charge is 0.373 e. The minimum Gasteiger partial charge on any atom is -0.475 e. The fourth-order valence-electron chi connectivity index (χ4n) is 1.82. The number of hydrogen-bond donors (Lipinski definition) is 1. The molecule has 1 heterocycles. The van der Waals surface area contributed by atoms with Crippen molar-refractivity contribution in [3.63, 3.8) is 0 Å². The second-order valence-electron chi connectivity index (χ2n) is 4.82. The van der Waals surface area contributed by atoms with Gasteiger partial charge in [-0.25, -0.2) is 9.78 Å². The van der Waals surface area contributed by atoms with Gasteiger partial charge < -0.3 is 9.52 Å². The summed E-state index contributed by atoms with van der Waals surface area (Å²) in [6, 6.07) is 5.24. The average molecular weight is 359 g/mol. The molecule has 0 saturated carbocycles. The summed E-state index contributed by atoms with van der Waals surface area (Å²) in [6.07, 6.45) is 0.538. The fraction of sp³-hybridized carbons (Fsp3) is 0.286. The topological polar surface area (TPSA) is 63.3 Å². The van der Waals surface area contributed by atoms with Gasteiger partial charge in [0, 0.05) is 4.47 Å². The van der Waals surface area contributed by atoms with Crippen LogP contribution in [0.5, 0.6) is 0 Å². The number of nitrogens with zero attached hydrogens (tertiary/aromatic N) is 1. The Morgan fingerprint density at radius 3 is 2.80 bits per heavy atom. The zero-order chi connectivity index (χ0) is 14.9. The number of carboxylic acids is 1. The molecule has 6 heteroatoms. The maximum atomic E-state index is 11.2. The van der Waals surface area contributed by atoms with Crippen molar-refractivity contribution in [2.75, 3.05) is 0 Å². The Morgan fingerprint density at radius 1 is 1.50 bits per heavy atom. The molecule has 0 atom stereocenters. The Bertz CT molecular complexity index is 652. The normalized spacial score (nSPS) is 11.1. The number of rotatable bonds is 4. The van der Waals surface area contributed by atoms with E-state index in [1.807, 2.05) is 13.8 Å². The van der Waals surface area contributed by atoms with Crippen molar-refractivity contribution in [3.05, 3.63) is 39.1 Å². The predicted octanol–water partition coefficient (Wildman–Crippen LogP) is 4.65. The lowest BCUT2D eigenvalue weighted by atomic mass is 10.1. The minimum atomic E-state index is -1.12. The Kier molecular flexibility index (Phi) is 4.50. The minimum absolute atomic E-state index is 0.121. The number of halogens is 2. The second-order valence-corrected chi connectivity index (χ2v) is 6.15. The first-order valence-electron chi connectivity index (χ1n) is 6.07. The van der Waals surface area contributed by atoms with E-state index in [1.54, 1.807) is 18.2 Å². The van der Waals surface area contributed by atoms with E-state index in [-0.39, 0.29) is 17.6 Å². The second kappa shape index (κ2) is 5.97. The number of carboxylic acid groups (broad SMARTS) is 1. The van der Waals surface area contributed by atoms with Crippen LogP contribution in [0, 0.1) is 5.92 Å². The summed E-state index contributed by atoms with van der Waals surface area (Å²) in [5.74, 6) is -0.733. The highest BCUT2D eigenvalue weighted by Gasteiger charge is 2.22. The first-order chi connectivity index (χ1) is 9.38. The van der Waals surface area contributed by atoms with Gasteiger partial charge in [-0.3, -0.25) is 0 Å². The zero-order valence-electron chi connectivity index (χ0n) is 11.0. The first kappa shape index (κ1) is 15.1. The Balaban J connectivity index is 2.52. The number of hydrogen-bond acceptors (Lipinski definition) is 3. The summed E-state index contributed by atoms with van der Waals surface area (Å²) in [4.78, 5) is 15.5. The molecule has 2 aromatic rings. The lowest BCUT2D eigenvalue weighted by molar-refractivity contribution is 0.0661. The summed E-state index contributed by atoms with van der Waals surface area (Å²) in [6.45, 7) is 3.98. The standard InChI is InChI=1S/C14H13BrClNO3/c1-7(2)5-11-12(14(18)19)20-13(17-11)9-6-8(15)3-4-10(9)16/h3-4,6-7H,5H2,1-2H3,(H,18,19). The Labute approximate surface area is 129 Å². The van der Waals surface area contributed by atoms with E-state index in [4.69, 9.17) is 16.0 Å². The van der Waals surface area contributed by atoms with Gasteiger partial charge in [-0.2, -0.15) is 0 Å². The number of benzene rings is 1. The lowest BCUT2D eigenvalue weighted by Crippen LogP contribution is -2.03. The number of aromatic carboxylic acids is 1. The largest absolute Gasteiger partial charge is 0.475 e. The Morgan fingerprint density at radius 2 is 2.20 bits per heavy atom. The molecule has 1 N–H and O–H groups in total. The van der Waals surface area contributed by atoms with Gasteiger partial charge in [0.15, 0.2) is 0 Å². The van der Waals surface area contributed by atoms with Crippen molar-refractivity contribution in [2.45, 2.75) is 20.3 Å². The monoisotopic (exact) mass is 357 g/mol. The van der Waals surface area contributed by atoms with Crippen molar-refractivity contribution >= 4 is 33.5 Å². The maximum Gasteiger partial charge on any atom is 0.373 e. The summed E-state index contributed by atoms with van der Waals surface area (Å²) < 4.78 is 6.20. The molecule has 0 unspecified atom stereocenters. The van der Waals surface area contributed by atoms with E-state index in [0.29, 0.717) is 22.7 Å². The number of carbonyl (C=O) groups is 1. The molecule has 0 aliphatic heterocycles. The van der Waals surface area contributed by atoms with Crippen LogP contribution in [-0.2, 0) is 6.42 Å². The van der Waals surface area contributed by atoms with Crippen LogP contribution in [0.2, 0.25) is 5.02 Å². The van der Waals surface area contributed by atoms with Gasteiger partial charge in [0.2, 0.25) is 11.7 Å². The molecule has 2 rings (SSSR count). The molecule has 0 aliphatic rings. The molecule has 4 nitrogen and oxygen atoms in total. The molecule has 0 fully saturated rings. The van der Waals surface area contributed by atoms with Gasteiger partial charge in [-0.05, 0) is 30.5 Å². The quantitative estimate of drug-likeness (QED) is 0.863. The van der Waals surface area contributed by atoms with Crippen molar-refractivity contribution < 1.29 is 14.3 Å². The van der Waals surface area contributed by atoms with E-state index < -0.39 is 5.97 Å². The first-order valence-corrected chi connectivity index (χ1v) is 7.24. The third-order valence-electron chi connectivity index (χ3n) is 2.65. The van der Waals surface area contributed by atoms with Gasteiger partial charge in [0.25, 0.3) is 0 Å². The third-order valence-corrected chi connectivity index (χ3v) is 3.47. The Hall–Kier alpha value is -1.33. The van der Waals surface area contributed by atoms with E-state index in [2.05, 4.69) is 20.9 Å². The van der Waals surface area contributed by atoms with E-state index >= 15 is 0 Å². The van der Waals surface area contributed by atoms with Crippen LogP contribution in [0.15, 0.2) is 27.1 Å². The zero-order valence-corrected chi connectivity index (χ0v) is 13.3.